The Balaban J connectivity index is 1.41. The Bertz CT molecular complexity index is 1410. The Morgan fingerprint density at radius 1 is 1.00 bits per heavy atom. The molecule has 5 rings (SSSR count). The number of fused-ring (bicyclic) bond motifs is 1. The highest BCUT2D eigenvalue weighted by atomic mass is 16.3. The lowest BCUT2D eigenvalue weighted by Crippen LogP contribution is -2.50. The fourth-order valence-electron chi connectivity index (χ4n) is 4.79. The van der Waals surface area contributed by atoms with E-state index in [1.54, 1.807) is 23.0 Å². The molecule has 0 bridgehead atoms. The standard InChI is InChI=1S/C29H30N6O3/c30-27(37)26(36)24(17-20-9-3-1-4-10-20)32-29(38)22-13-7-15-31-28(22)35-19-25-23(33-35)14-8-16-34(25)18-21-11-5-2-6-12-21/h1-7,9-13,15,19,24,26,36H,8,14,16-18H2,(H2,30,37)(H,32,38). The van der Waals surface area contributed by atoms with Crippen molar-refractivity contribution in [1.29, 1.82) is 0 Å². The molecule has 0 radical (unpaired) electrons. The number of hydrogen-bond acceptors (Lipinski definition) is 6. The Morgan fingerprint density at radius 3 is 2.42 bits per heavy atom. The first-order valence-electron chi connectivity index (χ1n) is 12.6. The van der Waals surface area contributed by atoms with Crippen LogP contribution in [-0.4, -0.2) is 50.4 Å². The molecule has 4 N–H and O–H groups in total. The maximum atomic E-state index is 13.4. The van der Waals surface area contributed by atoms with Gasteiger partial charge in [-0.15, -0.1) is 0 Å². The van der Waals surface area contributed by atoms with Crippen LogP contribution >= 0.6 is 0 Å². The van der Waals surface area contributed by atoms with Gasteiger partial charge in [-0.2, -0.15) is 5.10 Å². The third-order valence-electron chi connectivity index (χ3n) is 6.70. The fraction of sp³-hybridized carbons (Fsp3) is 0.241. The number of carbonyl (C=O) groups is 2. The van der Waals surface area contributed by atoms with E-state index in [2.05, 4.69) is 27.3 Å². The van der Waals surface area contributed by atoms with Crippen LogP contribution in [0.15, 0.2) is 85.2 Å². The predicted octanol–water partition coefficient (Wildman–Crippen LogP) is 2.41. The number of nitrogens with two attached hydrogens (primary N) is 1. The zero-order valence-corrected chi connectivity index (χ0v) is 20.9. The highest BCUT2D eigenvalue weighted by Crippen LogP contribution is 2.29. The molecule has 9 heteroatoms. The summed E-state index contributed by atoms with van der Waals surface area (Å²) in [7, 11) is 0. The van der Waals surface area contributed by atoms with Crippen LogP contribution in [0.2, 0.25) is 0 Å². The van der Waals surface area contributed by atoms with Crippen LogP contribution in [0, 0.1) is 0 Å². The number of hydrogen-bond donors (Lipinski definition) is 3. The van der Waals surface area contributed by atoms with Crippen molar-refractivity contribution < 1.29 is 14.7 Å². The monoisotopic (exact) mass is 510 g/mol. The summed E-state index contributed by atoms with van der Waals surface area (Å²) in [5.74, 6) is -1.02. The number of amides is 2. The fourth-order valence-corrected chi connectivity index (χ4v) is 4.79. The van der Waals surface area contributed by atoms with Gasteiger partial charge in [0.25, 0.3) is 5.91 Å². The van der Waals surface area contributed by atoms with Crippen molar-refractivity contribution in [2.45, 2.75) is 38.0 Å². The van der Waals surface area contributed by atoms with E-state index in [9.17, 15) is 14.7 Å². The zero-order valence-electron chi connectivity index (χ0n) is 20.9. The first-order valence-corrected chi connectivity index (χ1v) is 12.6. The number of carbonyl (C=O) groups excluding carboxylic acids is 2. The maximum absolute atomic E-state index is 13.4. The number of aliphatic hydroxyl groups excluding tert-OH is 1. The lowest BCUT2D eigenvalue weighted by Gasteiger charge is -2.28. The number of pyridine rings is 1. The SMILES string of the molecule is NC(=O)C(O)C(Cc1ccccc1)NC(=O)c1cccnc1-n1cc2c(n1)CCCN2Cc1ccccc1. The summed E-state index contributed by atoms with van der Waals surface area (Å²) in [5, 5.41) is 18.0. The van der Waals surface area contributed by atoms with Crippen LogP contribution in [0.5, 0.6) is 0 Å². The number of aliphatic hydroxyl groups is 1. The van der Waals surface area contributed by atoms with Gasteiger partial charge in [0.1, 0.15) is 0 Å². The summed E-state index contributed by atoms with van der Waals surface area (Å²) >= 11 is 0. The Hall–Kier alpha value is -4.50. The molecule has 2 unspecified atom stereocenters. The van der Waals surface area contributed by atoms with Crippen molar-refractivity contribution in [2.24, 2.45) is 5.73 Å². The third-order valence-corrected chi connectivity index (χ3v) is 6.70. The van der Waals surface area contributed by atoms with Gasteiger partial charge in [-0.1, -0.05) is 60.7 Å². The van der Waals surface area contributed by atoms with Gasteiger partial charge in [-0.3, -0.25) is 9.59 Å². The number of rotatable bonds is 9. The minimum absolute atomic E-state index is 0.233. The molecule has 0 saturated heterocycles. The van der Waals surface area contributed by atoms with Crippen LogP contribution in [0.3, 0.4) is 0 Å². The number of anilines is 1. The summed E-state index contributed by atoms with van der Waals surface area (Å²) in [5.41, 5.74) is 9.69. The van der Waals surface area contributed by atoms with Gasteiger partial charge in [-0.05, 0) is 42.5 Å². The second-order valence-electron chi connectivity index (χ2n) is 9.41. The summed E-state index contributed by atoms with van der Waals surface area (Å²) < 4.78 is 1.64. The third kappa shape index (κ3) is 5.57. The first kappa shape index (κ1) is 25.2. The second-order valence-corrected chi connectivity index (χ2v) is 9.41. The number of nitrogens with one attached hydrogen (secondary N) is 1. The van der Waals surface area contributed by atoms with Gasteiger partial charge in [0, 0.05) is 19.3 Å². The Morgan fingerprint density at radius 2 is 1.71 bits per heavy atom. The van der Waals surface area contributed by atoms with Gasteiger partial charge in [0.2, 0.25) is 5.91 Å². The Kier molecular flexibility index (Phi) is 7.46. The molecule has 194 valence electrons. The van der Waals surface area contributed by atoms with E-state index >= 15 is 0 Å². The van der Waals surface area contributed by atoms with E-state index < -0.39 is 24.0 Å². The molecule has 1 aliphatic heterocycles. The average Bonchev–Trinajstić information content (AvgIpc) is 3.39. The molecule has 0 spiro atoms. The van der Waals surface area contributed by atoms with Crippen molar-refractivity contribution in [3.63, 3.8) is 0 Å². The summed E-state index contributed by atoms with van der Waals surface area (Å²) in [6.07, 6.45) is 4.02. The van der Waals surface area contributed by atoms with Gasteiger partial charge in [0.05, 0.1) is 29.2 Å². The largest absolute Gasteiger partial charge is 0.381 e. The topological polar surface area (TPSA) is 126 Å². The quantitative estimate of drug-likeness (QED) is 0.317. The second kappa shape index (κ2) is 11.3. The maximum Gasteiger partial charge on any atom is 0.255 e. The normalized spacial score (nSPS) is 14.4. The molecule has 38 heavy (non-hydrogen) atoms. The number of aromatic nitrogens is 3. The molecule has 1 aliphatic rings. The van der Waals surface area contributed by atoms with E-state index in [1.807, 2.05) is 54.7 Å². The number of aryl methyl sites for hydroxylation is 1. The smallest absolute Gasteiger partial charge is 0.255 e. The Labute approximate surface area is 220 Å². The summed E-state index contributed by atoms with van der Waals surface area (Å²) in [4.78, 5) is 32.0. The van der Waals surface area contributed by atoms with Gasteiger partial charge in [-0.25, -0.2) is 9.67 Å². The molecule has 3 heterocycles. The van der Waals surface area contributed by atoms with Gasteiger partial charge in [0.15, 0.2) is 11.9 Å². The van der Waals surface area contributed by atoms with Crippen molar-refractivity contribution in [3.05, 3.63) is 108 Å². The van der Waals surface area contributed by atoms with Crippen LogP contribution in [0.1, 0.15) is 33.6 Å². The molecule has 2 atom stereocenters. The van der Waals surface area contributed by atoms with Crippen LogP contribution < -0.4 is 16.0 Å². The van der Waals surface area contributed by atoms with E-state index in [1.165, 1.54) is 5.56 Å². The van der Waals surface area contributed by atoms with E-state index in [0.717, 1.165) is 42.9 Å². The van der Waals surface area contributed by atoms with Crippen molar-refractivity contribution >= 4 is 17.5 Å². The van der Waals surface area contributed by atoms with Gasteiger partial charge < -0.3 is 21.1 Å². The molecule has 0 aliphatic carbocycles. The van der Waals surface area contributed by atoms with E-state index in [0.29, 0.717) is 5.82 Å². The number of benzene rings is 2. The van der Waals surface area contributed by atoms with Crippen LogP contribution in [0.4, 0.5) is 5.69 Å². The van der Waals surface area contributed by atoms with Crippen LogP contribution in [0.25, 0.3) is 5.82 Å². The molecule has 4 aromatic rings. The lowest BCUT2D eigenvalue weighted by molar-refractivity contribution is -0.127. The van der Waals surface area contributed by atoms with Crippen molar-refractivity contribution in [3.8, 4) is 5.82 Å². The van der Waals surface area contributed by atoms with E-state index in [4.69, 9.17) is 10.8 Å². The minimum Gasteiger partial charge on any atom is -0.381 e. The summed E-state index contributed by atoms with van der Waals surface area (Å²) in [6, 6.07) is 22.0. The van der Waals surface area contributed by atoms with Crippen molar-refractivity contribution in [2.75, 3.05) is 11.4 Å². The van der Waals surface area contributed by atoms with Gasteiger partial charge >= 0.3 is 0 Å². The highest BCUT2D eigenvalue weighted by Gasteiger charge is 2.28. The predicted molar refractivity (Wildman–Crippen MR) is 144 cm³/mol. The van der Waals surface area contributed by atoms with Crippen LogP contribution in [-0.2, 0) is 24.2 Å². The molecule has 0 fully saturated rings. The zero-order chi connectivity index (χ0) is 26.5. The highest BCUT2D eigenvalue weighted by molar-refractivity contribution is 5.97. The first-order chi connectivity index (χ1) is 18.5. The molecule has 2 amide bonds. The number of primary amides is 1. The van der Waals surface area contributed by atoms with Crippen molar-refractivity contribution in [1.82, 2.24) is 20.1 Å². The molecule has 2 aromatic carbocycles. The molecular weight excluding hydrogens is 480 g/mol. The average molecular weight is 511 g/mol. The lowest BCUT2D eigenvalue weighted by atomic mass is 10.0. The summed E-state index contributed by atoms with van der Waals surface area (Å²) in [6.45, 7) is 1.68. The molecular formula is C29H30N6O3. The minimum atomic E-state index is -1.55. The van der Waals surface area contributed by atoms with E-state index in [-0.39, 0.29) is 12.0 Å². The number of nitrogens with zero attached hydrogens (tertiary/aromatic N) is 4. The molecule has 2 aromatic heterocycles. The molecule has 0 saturated carbocycles. The molecule has 9 nitrogen and oxygen atoms in total.